The number of rotatable bonds is 5. The smallest absolute Gasteiger partial charge is 0.253 e. The van der Waals surface area contributed by atoms with Crippen LogP contribution in [0.25, 0.3) is 0 Å². The fourth-order valence-corrected chi connectivity index (χ4v) is 5.06. The molecule has 110 valence electrons. The van der Waals surface area contributed by atoms with Crippen molar-refractivity contribution < 1.29 is 9.90 Å². The van der Waals surface area contributed by atoms with Gasteiger partial charge in [0.15, 0.2) is 0 Å². The average Bonchev–Trinajstić information content (AvgIpc) is 2.53. The van der Waals surface area contributed by atoms with Gasteiger partial charge in [-0.25, -0.2) is 0 Å². The van der Waals surface area contributed by atoms with Gasteiger partial charge in [0.05, 0.1) is 11.2 Å². The normalized spacial score (nSPS) is 16.1. The Labute approximate surface area is 129 Å². The Hall–Kier alpha value is -0.650. The molecule has 1 N–H and O–H groups in total. The SMILES string of the molecule is CCN(CCO)C(=O)c1ccc(C2SCCCS2)cc1. The van der Waals surface area contributed by atoms with Gasteiger partial charge in [0, 0.05) is 18.7 Å². The lowest BCUT2D eigenvalue weighted by molar-refractivity contribution is 0.0732. The summed E-state index contributed by atoms with van der Waals surface area (Å²) in [6.45, 7) is 2.95. The molecular weight excluding hydrogens is 290 g/mol. The summed E-state index contributed by atoms with van der Waals surface area (Å²) in [5.41, 5.74) is 2.00. The zero-order valence-electron chi connectivity index (χ0n) is 11.7. The average molecular weight is 311 g/mol. The highest BCUT2D eigenvalue weighted by molar-refractivity contribution is 8.16. The second kappa shape index (κ2) is 7.96. The second-order valence-electron chi connectivity index (χ2n) is 4.66. The number of aliphatic hydroxyl groups excluding tert-OH is 1. The third-order valence-electron chi connectivity index (χ3n) is 3.30. The van der Waals surface area contributed by atoms with Crippen molar-refractivity contribution in [2.75, 3.05) is 31.2 Å². The topological polar surface area (TPSA) is 40.5 Å². The van der Waals surface area contributed by atoms with Crippen LogP contribution >= 0.6 is 23.5 Å². The second-order valence-corrected chi connectivity index (χ2v) is 7.38. The van der Waals surface area contributed by atoms with Crippen molar-refractivity contribution in [3.63, 3.8) is 0 Å². The summed E-state index contributed by atoms with van der Waals surface area (Å²) in [4.78, 5) is 13.9. The summed E-state index contributed by atoms with van der Waals surface area (Å²) in [7, 11) is 0. The Kier molecular flexibility index (Phi) is 6.26. The quantitative estimate of drug-likeness (QED) is 0.907. The van der Waals surface area contributed by atoms with Crippen LogP contribution in [0.4, 0.5) is 0 Å². The van der Waals surface area contributed by atoms with Crippen LogP contribution in [-0.2, 0) is 0 Å². The number of hydrogen-bond acceptors (Lipinski definition) is 4. The molecule has 0 radical (unpaired) electrons. The maximum atomic E-state index is 12.3. The Morgan fingerprint density at radius 3 is 2.50 bits per heavy atom. The third-order valence-corrected chi connectivity index (χ3v) is 6.31. The van der Waals surface area contributed by atoms with Gasteiger partial charge in [-0.05, 0) is 42.5 Å². The minimum atomic E-state index is -0.00273. The summed E-state index contributed by atoms with van der Waals surface area (Å²) < 4.78 is 0.507. The van der Waals surface area contributed by atoms with Crippen LogP contribution in [0.1, 0.15) is 33.8 Å². The molecule has 2 rings (SSSR count). The molecule has 0 aliphatic carbocycles. The number of carbonyl (C=O) groups excluding carboxylic acids is 1. The molecule has 3 nitrogen and oxygen atoms in total. The van der Waals surface area contributed by atoms with E-state index < -0.39 is 0 Å². The van der Waals surface area contributed by atoms with E-state index in [4.69, 9.17) is 5.11 Å². The monoisotopic (exact) mass is 311 g/mol. The first-order valence-electron chi connectivity index (χ1n) is 6.99. The van der Waals surface area contributed by atoms with Gasteiger partial charge in [0.1, 0.15) is 0 Å². The lowest BCUT2D eigenvalue weighted by Crippen LogP contribution is -2.33. The molecule has 5 heteroatoms. The minimum absolute atomic E-state index is 0.00273. The van der Waals surface area contributed by atoms with Crippen molar-refractivity contribution in [3.8, 4) is 0 Å². The number of likely N-dealkylation sites (N-methyl/N-ethyl adjacent to an activating group) is 1. The van der Waals surface area contributed by atoms with Crippen LogP contribution in [0.3, 0.4) is 0 Å². The molecule has 20 heavy (non-hydrogen) atoms. The molecule has 0 unspecified atom stereocenters. The predicted molar refractivity (Wildman–Crippen MR) is 87.4 cm³/mol. The molecule has 0 aromatic heterocycles. The lowest BCUT2D eigenvalue weighted by Gasteiger charge is -2.22. The van der Waals surface area contributed by atoms with E-state index >= 15 is 0 Å². The van der Waals surface area contributed by atoms with Gasteiger partial charge in [0.25, 0.3) is 5.91 Å². The van der Waals surface area contributed by atoms with E-state index in [1.807, 2.05) is 42.6 Å². The van der Waals surface area contributed by atoms with Crippen molar-refractivity contribution in [2.24, 2.45) is 0 Å². The van der Waals surface area contributed by atoms with Crippen LogP contribution in [-0.4, -0.2) is 47.1 Å². The molecule has 1 saturated heterocycles. The van der Waals surface area contributed by atoms with Gasteiger partial charge < -0.3 is 10.0 Å². The Morgan fingerprint density at radius 2 is 1.95 bits per heavy atom. The number of thioether (sulfide) groups is 2. The highest BCUT2D eigenvalue weighted by Gasteiger charge is 2.18. The first kappa shape index (κ1) is 15.7. The minimum Gasteiger partial charge on any atom is -0.395 e. The van der Waals surface area contributed by atoms with Gasteiger partial charge in [-0.1, -0.05) is 12.1 Å². The van der Waals surface area contributed by atoms with E-state index in [0.717, 1.165) is 0 Å². The van der Waals surface area contributed by atoms with Crippen LogP contribution in [0.15, 0.2) is 24.3 Å². The van der Waals surface area contributed by atoms with Crippen molar-refractivity contribution >= 4 is 29.4 Å². The summed E-state index contributed by atoms with van der Waals surface area (Å²) in [5.74, 6) is 2.44. The molecule has 1 fully saturated rings. The molecule has 1 aliphatic rings. The zero-order chi connectivity index (χ0) is 14.4. The molecular formula is C15H21NO2S2. The molecule has 0 saturated carbocycles. The predicted octanol–water partition coefficient (Wildman–Crippen LogP) is 3.01. The van der Waals surface area contributed by atoms with Crippen LogP contribution in [0.5, 0.6) is 0 Å². The van der Waals surface area contributed by atoms with Crippen LogP contribution < -0.4 is 0 Å². The first-order valence-corrected chi connectivity index (χ1v) is 9.09. The number of hydrogen-bond donors (Lipinski definition) is 1. The van der Waals surface area contributed by atoms with E-state index in [9.17, 15) is 4.79 Å². The van der Waals surface area contributed by atoms with Gasteiger partial charge >= 0.3 is 0 Å². The van der Waals surface area contributed by atoms with Crippen molar-refractivity contribution in [3.05, 3.63) is 35.4 Å². The van der Waals surface area contributed by atoms with Gasteiger partial charge in [-0.2, -0.15) is 0 Å². The lowest BCUT2D eigenvalue weighted by atomic mass is 10.1. The van der Waals surface area contributed by atoms with Crippen molar-refractivity contribution in [1.82, 2.24) is 4.90 Å². The zero-order valence-corrected chi connectivity index (χ0v) is 13.4. The van der Waals surface area contributed by atoms with Gasteiger partial charge in [-0.15, -0.1) is 23.5 Å². The van der Waals surface area contributed by atoms with E-state index in [0.29, 0.717) is 23.2 Å². The molecule has 0 bridgehead atoms. The summed E-state index contributed by atoms with van der Waals surface area (Å²) in [6, 6.07) is 7.95. The largest absolute Gasteiger partial charge is 0.395 e. The highest BCUT2D eigenvalue weighted by atomic mass is 32.2. The molecule has 1 amide bonds. The number of amides is 1. The summed E-state index contributed by atoms with van der Waals surface area (Å²) in [5, 5.41) is 8.98. The molecule has 1 aromatic carbocycles. The number of benzene rings is 1. The maximum absolute atomic E-state index is 12.3. The molecule has 1 aliphatic heterocycles. The third kappa shape index (κ3) is 3.93. The molecule has 0 atom stereocenters. The Morgan fingerprint density at radius 1 is 1.30 bits per heavy atom. The number of aliphatic hydroxyl groups is 1. The fourth-order valence-electron chi connectivity index (χ4n) is 2.17. The summed E-state index contributed by atoms with van der Waals surface area (Å²) >= 11 is 3.97. The van der Waals surface area contributed by atoms with Crippen LogP contribution in [0.2, 0.25) is 0 Å². The van der Waals surface area contributed by atoms with Crippen molar-refractivity contribution in [1.29, 1.82) is 0 Å². The van der Waals surface area contributed by atoms with E-state index in [-0.39, 0.29) is 12.5 Å². The number of nitrogens with zero attached hydrogens (tertiary/aromatic N) is 1. The molecule has 1 aromatic rings. The molecule has 1 heterocycles. The maximum Gasteiger partial charge on any atom is 0.253 e. The van der Waals surface area contributed by atoms with Gasteiger partial charge in [0.2, 0.25) is 0 Å². The Bertz CT molecular complexity index is 430. The van der Waals surface area contributed by atoms with Gasteiger partial charge in [-0.3, -0.25) is 4.79 Å². The van der Waals surface area contributed by atoms with E-state index in [1.165, 1.54) is 23.5 Å². The highest BCUT2D eigenvalue weighted by Crippen LogP contribution is 2.43. The van der Waals surface area contributed by atoms with Crippen molar-refractivity contribution in [2.45, 2.75) is 17.9 Å². The van der Waals surface area contributed by atoms with E-state index in [1.54, 1.807) is 4.90 Å². The first-order chi connectivity index (χ1) is 9.76. The summed E-state index contributed by atoms with van der Waals surface area (Å²) in [6.07, 6.45) is 1.29. The fraction of sp³-hybridized carbons (Fsp3) is 0.533. The van der Waals surface area contributed by atoms with Crippen LogP contribution in [0, 0.1) is 0 Å². The molecule has 0 spiro atoms. The standard InChI is InChI=1S/C15H21NO2S2/c1-2-16(8-9-17)14(18)12-4-6-13(7-5-12)15-19-10-3-11-20-15/h4-7,15,17H,2-3,8-11H2,1H3. The number of carbonyl (C=O) groups is 1. The van der Waals surface area contributed by atoms with E-state index in [2.05, 4.69) is 12.1 Å². The Balaban J connectivity index is 2.05.